The lowest BCUT2D eigenvalue weighted by Gasteiger charge is -2.36. The fraction of sp³-hybridized carbons (Fsp3) is 1.00. The van der Waals surface area contributed by atoms with E-state index in [1.165, 1.54) is 51.9 Å². The van der Waals surface area contributed by atoms with Gasteiger partial charge in [-0.15, -0.1) is 0 Å². The molecule has 2 nitrogen and oxygen atoms in total. The van der Waals surface area contributed by atoms with Crippen molar-refractivity contribution in [2.45, 2.75) is 45.6 Å². The van der Waals surface area contributed by atoms with Gasteiger partial charge in [0.2, 0.25) is 0 Å². The van der Waals surface area contributed by atoms with E-state index in [-0.39, 0.29) is 0 Å². The highest BCUT2D eigenvalue weighted by Gasteiger charge is 2.26. The predicted octanol–water partition coefficient (Wildman–Crippen LogP) is 2.45. The van der Waals surface area contributed by atoms with Crippen molar-refractivity contribution < 1.29 is 0 Å². The van der Waals surface area contributed by atoms with Gasteiger partial charge < -0.3 is 9.80 Å². The highest BCUT2D eigenvalue weighted by Crippen LogP contribution is 2.25. The Morgan fingerprint density at radius 3 is 2.25 bits per heavy atom. The molecule has 0 saturated carbocycles. The number of likely N-dealkylation sites (N-methyl/N-ethyl adjacent to an activating group) is 1. The van der Waals surface area contributed by atoms with Crippen LogP contribution < -0.4 is 0 Å². The van der Waals surface area contributed by atoms with Crippen LogP contribution in [0.4, 0.5) is 0 Å². The number of rotatable bonds is 3. The summed E-state index contributed by atoms with van der Waals surface area (Å²) in [6, 6.07) is 0.843. The van der Waals surface area contributed by atoms with Crippen LogP contribution >= 0.6 is 0 Å². The number of nitrogens with zero attached hydrogens (tertiary/aromatic N) is 2. The van der Waals surface area contributed by atoms with Gasteiger partial charge >= 0.3 is 0 Å². The molecule has 1 unspecified atom stereocenters. The van der Waals surface area contributed by atoms with E-state index < -0.39 is 0 Å². The van der Waals surface area contributed by atoms with Crippen LogP contribution in [0.3, 0.4) is 0 Å². The molecule has 0 aromatic heterocycles. The average Bonchev–Trinajstić information content (AvgIpc) is 2.65. The van der Waals surface area contributed by atoms with E-state index in [0.717, 1.165) is 17.9 Å². The Bertz CT molecular complexity index is 207. The van der Waals surface area contributed by atoms with Crippen LogP contribution in [0.2, 0.25) is 0 Å². The van der Waals surface area contributed by atoms with E-state index in [1.54, 1.807) is 0 Å². The van der Waals surface area contributed by atoms with Gasteiger partial charge in [-0.3, -0.25) is 0 Å². The summed E-state index contributed by atoms with van der Waals surface area (Å²) in [6.07, 6.45) is 5.67. The van der Waals surface area contributed by atoms with Gasteiger partial charge in [0.05, 0.1) is 0 Å². The van der Waals surface area contributed by atoms with Gasteiger partial charge in [-0.1, -0.05) is 13.8 Å². The molecule has 0 aromatic carbocycles. The van der Waals surface area contributed by atoms with E-state index in [9.17, 15) is 0 Å². The van der Waals surface area contributed by atoms with Gasteiger partial charge in [-0.05, 0) is 64.2 Å². The maximum Gasteiger partial charge on any atom is 0.0220 e. The molecule has 1 atom stereocenters. The molecule has 2 rings (SSSR count). The topological polar surface area (TPSA) is 6.48 Å². The first-order valence-electron chi connectivity index (χ1n) is 7.09. The van der Waals surface area contributed by atoms with E-state index in [4.69, 9.17) is 0 Å². The summed E-state index contributed by atoms with van der Waals surface area (Å²) in [7, 11) is 2.29. The molecular weight excluding hydrogens is 196 g/mol. The second-order valence-electron chi connectivity index (χ2n) is 6.16. The summed E-state index contributed by atoms with van der Waals surface area (Å²) in [5.74, 6) is 1.87. The van der Waals surface area contributed by atoms with Gasteiger partial charge in [0.15, 0.2) is 0 Å². The highest BCUT2D eigenvalue weighted by atomic mass is 15.2. The fourth-order valence-corrected chi connectivity index (χ4v) is 3.31. The third-order valence-electron chi connectivity index (χ3n) is 4.72. The number of hydrogen-bond acceptors (Lipinski definition) is 2. The van der Waals surface area contributed by atoms with Gasteiger partial charge in [-0.2, -0.15) is 0 Å². The lowest BCUT2D eigenvalue weighted by atomic mass is 9.86. The first-order chi connectivity index (χ1) is 7.66. The van der Waals surface area contributed by atoms with E-state index >= 15 is 0 Å². The Morgan fingerprint density at radius 1 is 1.06 bits per heavy atom. The molecule has 0 bridgehead atoms. The molecule has 2 saturated heterocycles. The number of piperidine rings is 1. The molecule has 2 aliphatic heterocycles. The number of likely N-dealkylation sites (tertiary alicyclic amines) is 2. The Labute approximate surface area is 101 Å². The second-order valence-corrected chi connectivity index (χ2v) is 6.16. The summed E-state index contributed by atoms with van der Waals surface area (Å²) >= 11 is 0. The minimum Gasteiger partial charge on any atom is -0.302 e. The third-order valence-corrected chi connectivity index (χ3v) is 4.72. The summed E-state index contributed by atoms with van der Waals surface area (Å²) in [5, 5.41) is 0. The highest BCUT2D eigenvalue weighted by molar-refractivity contribution is 4.82. The first kappa shape index (κ1) is 12.4. The molecule has 2 aliphatic rings. The molecule has 0 amide bonds. The Morgan fingerprint density at radius 2 is 1.75 bits per heavy atom. The zero-order valence-electron chi connectivity index (χ0n) is 11.3. The quantitative estimate of drug-likeness (QED) is 0.726. The molecule has 0 aromatic rings. The normalized spacial score (nSPS) is 30.4. The summed E-state index contributed by atoms with van der Waals surface area (Å²) in [6.45, 7) is 10.1. The predicted molar refractivity (Wildman–Crippen MR) is 69.7 cm³/mol. The monoisotopic (exact) mass is 224 g/mol. The Hall–Kier alpha value is -0.0800. The van der Waals surface area contributed by atoms with Crippen molar-refractivity contribution in [2.75, 3.05) is 33.2 Å². The molecule has 16 heavy (non-hydrogen) atoms. The van der Waals surface area contributed by atoms with Crippen molar-refractivity contribution in [1.29, 1.82) is 0 Å². The first-order valence-corrected chi connectivity index (χ1v) is 7.09. The van der Waals surface area contributed by atoms with Crippen LogP contribution in [0.1, 0.15) is 39.5 Å². The summed E-state index contributed by atoms with van der Waals surface area (Å²) in [4.78, 5) is 5.25. The van der Waals surface area contributed by atoms with Crippen LogP contribution in [0, 0.1) is 11.8 Å². The molecule has 0 spiro atoms. The van der Waals surface area contributed by atoms with Gasteiger partial charge in [-0.25, -0.2) is 0 Å². The maximum atomic E-state index is 2.70. The zero-order chi connectivity index (χ0) is 11.5. The smallest absolute Gasteiger partial charge is 0.0220 e. The fourth-order valence-electron chi connectivity index (χ4n) is 3.31. The average molecular weight is 224 g/mol. The van der Waals surface area contributed by atoms with Crippen molar-refractivity contribution in [3.8, 4) is 0 Å². The molecular formula is C14H28N2. The third kappa shape index (κ3) is 2.98. The molecule has 2 heterocycles. The van der Waals surface area contributed by atoms with Crippen LogP contribution in [0.25, 0.3) is 0 Å². The van der Waals surface area contributed by atoms with Crippen molar-refractivity contribution in [2.24, 2.45) is 11.8 Å². The van der Waals surface area contributed by atoms with Crippen LogP contribution in [-0.2, 0) is 0 Å². The largest absolute Gasteiger partial charge is 0.302 e. The van der Waals surface area contributed by atoms with Crippen LogP contribution in [-0.4, -0.2) is 49.1 Å². The molecule has 2 heteroatoms. The second kappa shape index (κ2) is 5.50. The molecule has 94 valence electrons. The lowest BCUT2D eigenvalue weighted by molar-refractivity contribution is 0.127. The standard InChI is InChI=1S/C14H28N2/c1-12(2)13-6-9-16(10-7-13)11-14-5-4-8-15(14)3/h12-14H,4-11H2,1-3H3. The minimum atomic E-state index is 0.843. The lowest BCUT2D eigenvalue weighted by Crippen LogP contribution is -2.43. The summed E-state index contributed by atoms with van der Waals surface area (Å²) in [5.41, 5.74) is 0. The molecule has 0 N–H and O–H groups in total. The zero-order valence-corrected chi connectivity index (χ0v) is 11.3. The Balaban J connectivity index is 1.72. The van der Waals surface area contributed by atoms with Gasteiger partial charge in [0.25, 0.3) is 0 Å². The molecule has 0 radical (unpaired) electrons. The SMILES string of the molecule is CC(C)C1CCN(CC2CCCN2C)CC1. The number of hydrogen-bond donors (Lipinski definition) is 0. The van der Waals surface area contributed by atoms with Crippen molar-refractivity contribution in [3.63, 3.8) is 0 Å². The minimum absolute atomic E-state index is 0.843. The maximum absolute atomic E-state index is 2.70. The van der Waals surface area contributed by atoms with Crippen LogP contribution in [0.15, 0.2) is 0 Å². The Kier molecular flexibility index (Phi) is 4.26. The molecule has 0 aliphatic carbocycles. The van der Waals surface area contributed by atoms with E-state index in [2.05, 4.69) is 30.7 Å². The van der Waals surface area contributed by atoms with E-state index in [1.807, 2.05) is 0 Å². The summed E-state index contributed by atoms with van der Waals surface area (Å²) < 4.78 is 0. The molecule has 2 fully saturated rings. The van der Waals surface area contributed by atoms with Gasteiger partial charge in [0, 0.05) is 12.6 Å². The van der Waals surface area contributed by atoms with Crippen LogP contribution in [0.5, 0.6) is 0 Å². The van der Waals surface area contributed by atoms with Crippen molar-refractivity contribution in [1.82, 2.24) is 9.80 Å². The van der Waals surface area contributed by atoms with E-state index in [0.29, 0.717) is 0 Å². The van der Waals surface area contributed by atoms with Crippen molar-refractivity contribution >= 4 is 0 Å². The van der Waals surface area contributed by atoms with Gasteiger partial charge in [0.1, 0.15) is 0 Å². The van der Waals surface area contributed by atoms with Crippen molar-refractivity contribution in [3.05, 3.63) is 0 Å².